The van der Waals surface area contributed by atoms with E-state index >= 15 is 0 Å². The van der Waals surface area contributed by atoms with E-state index in [2.05, 4.69) is 59.8 Å². The molecule has 0 bridgehead atoms. The van der Waals surface area contributed by atoms with Crippen LogP contribution in [-0.2, 0) is 23.8 Å². The van der Waals surface area contributed by atoms with Gasteiger partial charge in [-0.05, 0) is 130 Å². The molecule has 3 saturated carbocycles. The SMILES string of the molecule is CC[C@H](/C=C/[C@@H](C)[C@H]1CCC2[C@]1(C)CC[C@H]1[C@@]3(C)CC[C@H](OCCOCCCCCOC(=O)CCC(C)=O)CC3=CC[C@@]21N)C(C)C. The van der Waals surface area contributed by atoms with E-state index in [9.17, 15) is 9.59 Å². The number of nitrogens with two attached hydrogens (primary N) is 1. The predicted molar refractivity (Wildman–Crippen MR) is 191 cm³/mol. The zero-order valence-electron chi connectivity index (χ0n) is 31.1. The molecule has 0 aromatic rings. The van der Waals surface area contributed by atoms with Gasteiger partial charge in [-0.25, -0.2) is 0 Å². The standard InChI is InChI=1S/C41H69NO5/c1-8-32(29(2)3)14-12-30(4)35-15-16-36-40(35,7)22-20-37-39(6)21-19-34(28-33(39)18-23-41(36,37)42)46-27-26-45-24-10-9-11-25-47-38(44)17-13-31(5)43/h12,14,18,29-30,32,34-37H,8-11,13,15-17,19-28,42H2,1-7H3/b14-12+/t30-,32-,34+,35-,36?,37+,39+,40-,41-/m1/s1. The Bertz CT molecular complexity index is 1100. The summed E-state index contributed by atoms with van der Waals surface area (Å²) in [5, 5.41) is 0. The van der Waals surface area contributed by atoms with Crippen LogP contribution in [0.4, 0.5) is 0 Å². The minimum absolute atomic E-state index is 0.0173. The summed E-state index contributed by atoms with van der Waals surface area (Å²) in [6.07, 6.45) is 21.8. The van der Waals surface area contributed by atoms with Gasteiger partial charge in [-0.3, -0.25) is 4.79 Å². The Morgan fingerprint density at radius 2 is 1.70 bits per heavy atom. The number of Topliss-reactive ketones (excluding diaryl/α,β-unsaturated/α-hetero) is 1. The van der Waals surface area contributed by atoms with E-state index in [4.69, 9.17) is 19.9 Å². The van der Waals surface area contributed by atoms with Gasteiger partial charge in [0.25, 0.3) is 0 Å². The van der Waals surface area contributed by atoms with Crippen molar-refractivity contribution in [2.24, 2.45) is 52.1 Å². The number of rotatable bonds is 18. The number of esters is 1. The first-order valence-electron chi connectivity index (χ1n) is 19.4. The lowest BCUT2D eigenvalue weighted by molar-refractivity contribution is -0.144. The third kappa shape index (κ3) is 9.00. The van der Waals surface area contributed by atoms with Gasteiger partial charge in [0.2, 0.25) is 0 Å². The smallest absolute Gasteiger partial charge is 0.306 e. The highest BCUT2D eigenvalue weighted by Crippen LogP contribution is 2.68. The molecule has 2 N–H and O–H groups in total. The normalized spacial score (nSPS) is 34.8. The first-order valence-corrected chi connectivity index (χ1v) is 19.4. The monoisotopic (exact) mass is 656 g/mol. The maximum atomic E-state index is 11.6. The van der Waals surface area contributed by atoms with E-state index in [-0.39, 0.29) is 41.7 Å². The molecule has 47 heavy (non-hydrogen) atoms. The highest BCUT2D eigenvalue weighted by atomic mass is 16.5. The van der Waals surface area contributed by atoms with E-state index in [0.717, 1.165) is 44.4 Å². The zero-order valence-corrected chi connectivity index (χ0v) is 31.1. The number of carbonyl (C=O) groups is 2. The average molecular weight is 656 g/mol. The molecular weight excluding hydrogens is 586 g/mol. The van der Waals surface area contributed by atoms with E-state index < -0.39 is 0 Å². The molecule has 4 rings (SSSR count). The number of hydrogen-bond donors (Lipinski definition) is 1. The Morgan fingerprint density at radius 3 is 2.43 bits per heavy atom. The maximum absolute atomic E-state index is 11.6. The second kappa shape index (κ2) is 16.9. The summed E-state index contributed by atoms with van der Waals surface area (Å²) in [4.78, 5) is 22.5. The number of hydrogen-bond acceptors (Lipinski definition) is 6. The summed E-state index contributed by atoms with van der Waals surface area (Å²) < 4.78 is 17.4. The lowest BCUT2D eigenvalue weighted by Crippen LogP contribution is -2.66. The summed E-state index contributed by atoms with van der Waals surface area (Å²) in [6.45, 7) is 18.5. The van der Waals surface area contributed by atoms with Gasteiger partial charge in [0.1, 0.15) is 5.78 Å². The molecule has 0 amide bonds. The molecule has 3 fully saturated rings. The molecule has 4 aliphatic carbocycles. The Hall–Kier alpha value is -1.50. The van der Waals surface area contributed by atoms with Crippen molar-refractivity contribution < 1.29 is 23.8 Å². The second-order valence-corrected chi connectivity index (χ2v) is 16.7. The molecule has 0 spiro atoms. The lowest BCUT2D eigenvalue weighted by Gasteiger charge is -2.63. The number of ketones is 1. The van der Waals surface area contributed by atoms with Crippen LogP contribution in [0.1, 0.15) is 138 Å². The van der Waals surface area contributed by atoms with Crippen molar-refractivity contribution >= 4 is 11.8 Å². The van der Waals surface area contributed by atoms with Crippen molar-refractivity contribution in [3.63, 3.8) is 0 Å². The van der Waals surface area contributed by atoms with E-state index in [1.165, 1.54) is 45.4 Å². The molecule has 0 aromatic carbocycles. The summed E-state index contributed by atoms with van der Waals surface area (Å²) in [6, 6.07) is 0. The van der Waals surface area contributed by atoms with Crippen LogP contribution in [0.5, 0.6) is 0 Å². The molecule has 6 nitrogen and oxygen atoms in total. The highest BCUT2D eigenvalue weighted by Gasteiger charge is 2.64. The van der Waals surface area contributed by atoms with Crippen LogP contribution in [0, 0.1) is 46.3 Å². The Morgan fingerprint density at radius 1 is 0.936 bits per heavy atom. The van der Waals surface area contributed by atoms with E-state index in [1.807, 2.05) is 0 Å². The van der Waals surface area contributed by atoms with Gasteiger partial charge in [0, 0.05) is 18.6 Å². The average Bonchev–Trinajstić information content (AvgIpc) is 3.39. The largest absolute Gasteiger partial charge is 0.466 e. The van der Waals surface area contributed by atoms with Crippen molar-refractivity contribution in [1.82, 2.24) is 0 Å². The number of fused-ring (bicyclic) bond motifs is 5. The van der Waals surface area contributed by atoms with E-state index in [0.29, 0.717) is 61.4 Å². The summed E-state index contributed by atoms with van der Waals surface area (Å²) in [7, 11) is 0. The summed E-state index contributed by atoms with van der Waals surface area (Å²) >= 11 is 0. The van der Waals surface area contributed by atoms with Gasteiger partial charge < -0.3 is 24.7 Å². The highest BCUT2D eigenvalue weighted by molar-refractivity contribution is 5.80. The zero-order chi connectivity index (χ0) is 34.2. The third-order valence-corrected chi connectivity index (χ3v) is 13.4. The van der Waals surface area contributed by atoms with Gasteiger partial charge in [-0.15, -0.1) is 0 Å². The van der Waals surface area contributed by atoms with Gasteiger partial charge in [0.05, 0.1) is 32.3 Å². The maximum Gasteiger partial charge on any atom is 0.306 e. The Labute approximate surface area is 287 Å². The molecule has 9 atom stereocenters. The van der Waals surface area contributed by atoms with Crippen LogP contribution < -0.4 is 5.73 Å². The molecule has 0 radical (unpaired) electrons. The number of allylic oxidation sites excluding steroid dienone is 2. The van der Waals surface area contributed by atoms with Crippen molar-refractivity contribution in [3.8, 4) is 0 Å². The molecule has 268 valence electrons. The molecule has 0 aromatic heterocycles. The minimum Gasteiger partial charge on any atom is -0.466 e. The first-order chi connectivity index (χ1) is 22.3. The molecular formula is C41H69NO5. The number of carbonyl (C=O) groups excluding carboxylic acids is 2. The number of unbranched alkanes of at least 4 members (excludes halogenated alkanes) is 2. The second-order valence-electron chi connectivity index (χ2n) is 16.7. The Balaban J connectivity index is 1.20. The molecule has 4 aliphatic rings. The van der Waals surface area contributed by atoms with Gasteiger partial charge in [0.15, 0.2) is 0 Å². The quantitative estimate of drug-likeness (QED) is 0.0901. The summed E-state index contributed by atoms with van der Waals surface area (Å²) in [5.74, 6) is 3.63. The van der Waals surface area contributed by atoms with Gasteiger partial charge >= 0.3 is 5.97 Å². The molecule has 0 saturated heterocycles. The van der Waals surface area contributed by atoms with Gasteiger partial charge in [-0.2, -0.15) is 0 Å². The summed E-state index contributed by atoms with van der Waals surface area (Å²) in [5.41, 5.74) is 9.71. The fourth-order valence-corrected chi connectivity index (χ4v) is 10.6. The van der Waals surface area contributed by atoms with Crippen molar-refractivity contribution in [2.45, 2.75) is 150 Å². The van der Waals surface area contributed by atoms with Crippen LogP contribution in [0.15, 0.2) is 23.8 Å². The fourth-order valence-electron chi connectivity index (χ4n) is 10.6. The predicted octanol–water partition coefficient (Wildman–Crippen LogP) is 9.01. The molecule has 1 unspecified atom stereocenters. The lowest BCUT2D eigenvalue weighted by atomic mass is 9.44. The minimum atomic E-state index is -0.285. The van der Waals surface area contributed by atoms with Crippen LogP contribution >= 0.6 is 0 Å². The van der Waals surface area contributed by atoms with Crippen molar-refractivity contribution in [3.05, 3.63) is 23.8 Å². The third-order valence-electron chi connectivity index (χ3n) is 13.4. The van der Waals surface area contributed by atoms with E-state index in [1.54, 1.807) is 5.57 Å². The van der Waals surface area contributed by atoms with Crippen LogP contribution in [0.3, 0.4) is 0 Å². The topological polar surface area (TPSA) is 87.9 Å². The molecule has 0 heterocycles. The van der Waals surface area contributed by atoms with Crippen LogP contribution in [-0.4, -0.2) is 49.8 Å². The van der Waals surface area contributed by atoms with Crippen LogP contribution in [0.2, 0.25) is 0 Å². The fraction of sp³-hybridized carbons (Fsp3) is 0.854. The van der Waals surface area contributed by atoms with Crippen molar-refractivity contribution in [1.29, 1.82) is 0 Å². The van der Waals surface area contributed by atoms with Crippen LogP contribution in [0.25, 0.3) is 0 Å². The number of ether oxygens (including phenoxy) is 3. The van der Waals surface area contributed by atoms with Crippen molar-refractivity contribution in [2.75, 3.05) is 26.4 Å². The van der Waals surface area contributed by atoms with Gasteiger partial charge in [-0.1, -0.05) is 65.3 Å². The molecule has 6 heteroatoms. The Kier molecular flexibility index (Phi) is 13.8. The first kappa shape index (κ1) is 38.3. The molecule has 0 aliphatic heterocycles.